The molecule has 0 saturated carbocycles. The van der Waals surface area contributed by atoms with Crippen molar-refractivity contribution in [1.29, 1.82) is 0 Å². The van der Waals surface area contributed by atoms with Gasteiger partial charge in [-0.25, -0.2) is 4.98 Å². The third kappa shape index (κ3) is 3.61. The van der Waals surface area contributed by atoms with E-state index in [0.29, 0.717) is 6.04 Å². The summed E-state index contributed by atoms with van der Waals surface area (Å²) in [5.74, 6) is 0.949. The SMILES string of the molecule is CNc1cnc2c(c1)N(Cc1ccccc1)C(NC1CCN(C)CC1)N2. The quantitative estimate of drug-likeness (QED) is 0.769. The average molecular weight is 352 g/mol. The molecule has 3 heterocycles. The van der Waals surface area contributed by atoms with Crippen LogP contribution >= 0.6 is 0 Å². The van der Waals surface area contributed by atoms with E-state index in [1.54, 1.807) is 0 Å². The normalized spacial score (nSPS) is 20.7. The van der Waals surface area contributed by atoms with Crippen molar-refractivity contribution in [3.8, 4) is 0 Å². The van der Waals surface area contributed by atoms with Crippen molar-refractivity contribution in [2.24, 2.45) is 0 Å². The number of fused-ring (bicyclic) bond motifs is 1. The monoisotopic (exact) mass is 352 g/mol. The second kappa shape index (κ2) is 7.51. The molecule has 3 N–H and O–H groups in total. The van der Waals surface area contributed by atoms with Gasteiger partial charge in [-0.2, -0.15) is 0 Å². The molecule has 0 spiro atoms. The summed E-state index contributed by atoms with van der Waals surface area (Å²) in [6.07, 6.45) is 4.31. The first-order valence-electron chi connectivity index (χ1n) is 9.42. The van der Waals surface area contributed by atoms with Gasteiger partial charge in [-0.1, -0.05) is 30.3 Å². The maximum atomic E-state index is 4.61. The van der Waals surface area contributed by atoms with E-state index >= 15 is 0 Å². The molecule has 1 atom stereocenters. The summed E-state index contributed by atoms with van der Waals surface area (Å²) in [7, 11) is 4.13. The highest BCUT2D eigenvalue weighted by atomic mass is 15.4. The molecule has 138 valence electrons. The van der Waals surface area contributed by atoms with Crippen molar-refractivity contribution < 1.29 is 0 Å². The number of nitrogens with zero attached hydrogens (tertiary/aromatic N) is 3. The topological polar surface area (TPSA) is 55.5 Å². The summed E-state index contributed by atoms with van der Waals surface area (Å²) in [6, 6.07) is 13.3. The lowest BCUT2D eigenvalue weighted by Gasteiger charge is -2.35. The van der Waals surface area contributed by atoms with Gasteiger partial charge in [0.1, 0.15) is 0 Å². The Balaban J connectivity index is 1.56. The van der Waals surface area contributed by atoms with E-state index in [-0.39, 0.29) is 6.29 Å². The van der Waals surface area contributed by atoms with Gasteiger partial charge in [0.25, 0.3) is 0 Å². The lowest BCUT2D eigenvalue weighted by molar-refractivity contribution is 0.227. The summed E-state index contributed by atoms with van der Waals surface area (Å²) in [5.41, 5.74) is 3.47. The molecule has 6 nitrogen and oxygen atoms in total. The van der Waals surface area contributed by atoms with Gasteiger partial charge in [0.05, 0.1) is 17.6 Å². The number of hydrogen-bond donors (Lipinski definition) is 3. The minimum atomic E-state index is 0.0678. The summed E-state index contributed by atoms with van der Waals surface area (Å²) in [5, 5.41) is 10.6. The number of aromatic nitrogens is 1. The van der Waals surface area contributed by atoms with Crippen LogP contribution in [-0.4, -0.2) is 49.4 Å². The standard InChI is InChI=1S/C20H28N6/c1-21-17-12-18-19(22-13-17)24-20(23-16-8-10-25(2)11-9-16)26(18)14-15-6-4-3-5-7-15/h3-7,12-13,16,20-21,23H,8-11,14H2,1-2H3,(H,22,24). The predicted molar refractivity (Wildman–Crippen MR) is 107 cm³/mol. The molecule has 0 bridgehead atoms. The molecule has 6 heteroatoms. The molecular weight excluding hydrogens is 324 g/mol. The van der Waals surface area contributed by atoms with Crippen LogP contribution in [0.5, 0.6) is 0 Å². The van der Waals surface area contributed by atoms with Gasteiger partial charge in [0.15, 0.2) is 12.1 Å². The van der Waals surface area contributed by atoms with Crippen LogP contribution in [0, 0.1) is 0 Å². The van der Waals surface area contributed by atoms with Crippen LogP contribution in [0.15, 0.2) is 42.6 Å². The number of hydrogen-bond acceptors (Lipinski definition) is 6. The van der Waals surface area contributed by atoms with Crippen LogP contribution in [0.25, 0.3) is 0 Å². The zero-order chi connectivity index (χ0) is 17.9. The Kier molecular flexibility index (Phi) is 4.95. The van der Waals surface area contributed by atoms with Gasteiger partial charge < -0.3 is 20.4 Å². The van der Waals surface area contributed by atoms with Crippen LogP contribution in [0.3, 0.4) is 0 Å². The lowest BCUT2D eigenvalue weighted by atomic mass is 10.1. The van der Waals surface area contributed by atoms with Gasteiger partial charge in [-0.15, -0.1) is 0 Å². The number of pyridine rings is 1. The maximum Gasteiger partial charge on any atom is 0.157 e. The molecule has 0 aliphatic carbocycles. The number of rotatable bonds is 5. The van der Waals surface area contributed by atoms with Crippen LogP contribution in [0.1, 0.15) is 18.4 Å². The molecule has 1 fully saturated rings. The lowest BCUT2D eigenvalue weighted by Crippen LogP contribution is -2.53. The summed E-state index contributed by atoms with van der Waals surface area (Å²) < 4.78 is 0. The molecule has 0 amide bonds. The summed E-state index contributed by atoms with van der Waals surface area (Å²) in [6.45, 7) is 3.15. The fraction of sp³-hybridized carbons (Fsp3) is 0.450. The first kappa shape index (κ1) is 17.1. The minimum Gasteiger partial charge on any atom is -0.387 e. The number of nitrogens with one attached hydrogen (secondary N) is 3. The van der Waals surface area contributed by atoms with E-state index in [4.69, 9.17) is 0 Å². The number of benzene rings is 1. The van der Waals surface area contributed by atoms with Gasteiger partial charge in [0.2, 0.25) is 0 Å². The molecule has 1 unspecified atom stereocenters. The fourth-order valence-corrected chi connectivity index (χ4v) is 3.75. The van der Waals surface area contributed by atoms with Crippen LogP contribution in [0.4, 0.5) is 17.2 Å². The molecule has 2 aliphatic rings. The first-order valence-corrected chi connectivity index (χ1v) is 9.42. The first-order chi connectivity index (χ1) is 12.7. The second-order valence-electron chi connectivity index (χ2n) is 7.25. The molecule has 0 radical (unpaired) electrons. The Morgan fingerprint density at radius 3 is 2.69 bits per heavy atom. The van der Waals surface area contributed by atoms with Gasteiger partial charge in [-0.05, 0) is 44.6 Å². The molecule has 2 aromatic rings. The largest absolute Gasteiger partial charge is 0.387 e. The molecule has 26 heavy (non-hydrogen) atoms. The molecule has 4 rings (SSSR count). The third-order valence-electron chi connectivity index (χ3n) is 5.36. The minimum absolute atomic E-state index is 0.0678. The Hall–Kier alpha value is -2.31. The number of piperidine rings is 1. The molecule has 1 saturated heterocycles. The molecule has 1 aromatic carbocycles. The summed E-state index contributed by atoms with van der Waals surface area (Å²) in [4.78, 5) is 9.40. The van der Waals surface area contributed by atoms with Crippen molar-refractivity contribution in [2.45, 2.75) is 31.7 Å². The highest BCUT2D eigenvalue weighted by molar-refractivity contribution is 5.75. The van der Waals surface area contributed by atoms with Crippen molar-refractivity contribution in [3.63, 3.8) is 0 Å². The van der Waals surface area contributed by atoms with Crippen LogP contribution < -0.4 is 20.9 Å². The van der Waals surface area contributed by atoms with E-state index in [1.165, 1.54) is 18.4 Å². The highest BCUT2D eigenvalue weighted by Crippen LogP contribution is 2.35. The molecular formula is C20H28N6. The Bertz CT molecular complexity index is 726. The summed E-state index contributed by atoms with van der Waals surface area (Å²) >= 11 is 0. The second-order valence-corrected chi connectivity index (χ2v) is 7.25. The third-order valence-corrected chi connectivity index (χ3v) is 5.36. The molecule has 1 aromatic heterocycles. The van der Waals surface area contributed by atoms with E-state index < -0.39 is 0 Å². The van der Waals surface area contributed by atoms with Crippen LogP contribution in [0.2, 0.25) is 0 Å². The number of likely N-dealkylation sites (tertiary alicyclic amines) is 1. The predicted octanol–water partition coefficient (Wildman–Crippen LogP) is 2.52. The van der Waals surface area contributed by atoms with E-state index in [2.05, 4.69) is 74.2 Å². The Labute approximate surface area is 155 Å². The highest BCUT2D eigenvalue weighted by Gasteiger charge is 2.32. The van der Waals surface area contributed by atoms with Crippen molar-refractivity contribution in [1.82, 2.24) is 15.2 Å². The molecule has 2 aliphatic heterocycles. The van der Waals surface area contributed by atoms with Gasteiger partial charge in [0, 0.05) is 19.6 Å². The van der Waals surface area contributed by atoms with Crippen molar-refractivity contribution in [3.05, 3.63) is 48.2 Å². The van der Waals surface area contributed by atoms with Gasteiger partial charge in [-0.3, -0.25) is 5.32 Å². The van der Waals surface area contributed by atoms with E-state index in [9.17, 15) is 0 Å². The zero-order valence-corrected chi connectivity index (χ0v) is 15.6. The Morgan fingerprint density at radius 2 is 1.96 bits per heavy atom. The number of anilines is 3. The smallest absolute Gasteiger partial charge is 0.157 e. The van der Waals surface area contributed by atoms with Crippen molar-refractivity contribution in [2.75, 3.05) is 42.7 Å². The van der Waals surface area contributed by atoms with Gasteiger partial charge >= 0.3 is 0 Å². The van der Waals surface area contributed by atoms with Crippen LogP contribution in [-0.2, 0) is 6.54 Å². The van der Waals surface area contributed by atoms with E-state index in [0.717, 1.165) is 36.8 Å². The zero-order valence-electron chi connectivity index (χ0n) is 15.6. The van der Waals surface area contributed by atoms with Crippen molar-refractivity contribution >= 4 is 17.2 Å². The maximum absolute atomic E-state index is 4.61. The van der Waals surface area contributed by atoms with E-state index in [1.807, 2.05) is 13.2 Å². The Morgan fingerprint density at radius 1 is 1.19 bits per heavy atom. The fourth-order valence-electron chi connectivity index (χ4n) is 3.75. The average Bonchev–Trinajstić information content (AvgIpc) is 3.01.